The van der Waals surface area contributed by atoms with Crippen LogP contribution < -0.4 is 15.2 Å². The van der Waals surface area contributed by atoms with Crippen molar-refractivity contribution >= 4 is 0 Å². The average molecular weight is 291 g/mol. The van der Waals surface area contributed by atoms with Gasteiger partial charge in [-0.1, -0.05) is 12.1 Å². The second-order valence-electron chi connectivity index (χ2n) is 4.71. The fraction of sp³-hybridized carbons (Fsp3) is 0.429. The van der Waals surface area contributed by atoms with Gasteiger partial charge >= 0.3 is 0 Å². The van der Waals surface area contributed by atoms with Crippen molar-refractivity contribution in [1.29, 1.82) is 0 Å². The van der Waals surface area contributed by atoms with Crippen LogP contribution in [0.5, 0.6) is 11.5 Å². The molecule has 2 N–H and O–H groups in total. The summed E-state index contributed by atoms with van der Waals surface area (Å²) in [5.41, 5.74) is 6.73. The van der Waals surface area contributed by atoms with Crippen molar-refractivity contribution in [1.82, 2.24) is 10.1 Å². The van der Waals surface area contributed by atoms with Crippen LogP contribution >= 0.6 is 0 Å². The number of nitrogens with two attached hydrogens (primary N) is 1. The Morgan fingerprint density at radius 1 is 1.33 bits per heavy atom. The second kappa shape index (κ2) is 6.11. The first kappa shape index (κ1) is 13.8. The maximum absolute atomic E-state index is 5.96. The van der Waals surface area contributed by atoms with Crippen LogP contribution in [0.15, 0.2) is 22.7 Å². The quantitative estimate of drug-likeness (QED) is 0.812. The Morgan fingerprint density at radius 2 is 2.19 bits per heavy atom. The molecule has 1 aliphatic heterocycles. The summed E-state index contributed by atoms with van der Waals surface area (Å²) >= 11 is 0. The van der Waals surface area contributed by atoms with Gasteiger partial charge in [-0.15, -0.1) is 0 Å². The SMILES string of the molecule is CCCOCC(N)c1noc(-c2ccc3c(c2)OCO3)n1. The molecular weight excluding hydrogens is 274 g/mol. The van der Waals surface area contributed by atoms with E-state index in [1.165, 1.54) is 0 Å². The van der Waals surface area contributed by atoms with Crippen molar-refractivity contribution in [3.8, 4) is 23.0 Å². The maximum atomic E-state index is 5.96. The van der Waals surface area contributed by atoms with Crippen LogP contribution in [0, 0.1) is 0 Å². The monoisotopic (exact) mass is 291 g/mol. The molecular formula is C14H17N3O4. The Bertz CT molecular complexity index is 614. The molecule has 112 valence electrons. The summed E-state index contributed by atoms with van der Waals surface area (Å²) < 4.78 is 21.2. The number of benzene rings is 1. The predicted molar refractivity (Wildman–Crippen MR) is 73.9 cm³/mol. The highest BCUT2D eigenvalue weighted by Crippen LogP contribution is 2.35. The first-order valence-electron chi connectivity index (χ1n) is 6.85. The number of nitrogens with zero attached hydrogens (tertiary/aromatic N) is 2. The molecule has 0 fully saturated rings. The van der Waals surface area contributed by atoms with E-state index >= 15 is 0 Å². The zero-order chi connectivity index (χ0) is 14.7. The molecule has 0 saturated carbocycles. The molecule has 0 radical (unpaired) electrons. The normalized spacial score (nSPS) is 14.4. The van der Waals surface area contributed by atoms with Gasteiger partial charge in [0.05, 0.1) is 12.6 Å². The Balaban J connectivity index is 1.72. The lowest BCUT2D eigenvalue weighted by Crippen LogP contribution is -2.18. The van der Waals surface area contributed by atoms with E-state index in [9.17, 15) is 0 Å². The van der Waals surface area contributed by atoms with Gasteiger partial charge in [-0.25, -0.2) is 0 Å². The molecule has 0 spiro atoms. The van der Waals surface area contributed by atoms with Gasteiger partial charge in [0.2, 0.25) is 6.79 Å². The molecule has 7 nitrogen and oxygen atoms in total. The highest BCUT2D eigenvalue weighted by Gasteiger charge is 2.19. The van der Waals surface area contributed by atoms with Gasteiger partial charge in [0.25, 0.3) is 5.89 Å². The minimum Gasteiger partial charge on any atom is -0.454 e. The highest BCUT2D eigenvalue weighted by atomic mass is 16.7. The third kappa shape index (κ3) is 2.98. The average Bonchev–Trinajstić information content (AvgIpc) is 3.15. The third-order valence-corrected chi connectivity index (χ3v) is 3.04. The molecule has 21 heavy (non-hydrogen) atoms. The van der Waals surface area contributed by atoms with Gasteiger partial charge in [-0.3, -0.25) is 0 Å². The molecule has 0 bridgehead atoms. The van der Waals surface area contributed by atoms with E-state index in [2.05, 4.69) is 10.1 Å². The van der Waals surface area contributed by atoms with Crippen molar-refractivity contribution in [2.45, 2.75) is 19.4 Å². The molecule has 0 saturated heterocycles. The van der Waals surface area contributed by atoms with E-state index in [0.717, 1.165) is 12.0 Å². The van der Waals surface area contributed by atoms with Crippen molar-refractivity contribution < 1.29 is 18.7 Å². The van der Waals surface area contributed by atoms with Crippen LogP contribution in [-0.4, -0.2) is 30.1 Å². The molecule has 3 rings (SSSR count). The lowest BCUT2D eigenvalue weighted by atomic mass is 10.2. The van der Waals surface area contributed by atoms with Crippen LogP contribution in [0.4, 0.5) is 0 Å². The van der Waals surface area contributed by atoms with E-state index in [4.69, 9.17) is 24.5 Å². The summed E-state index contributed by atoms with van der Waals surface area (Å²) in [4.78, 5) is 4.31. The first-order chi connectivity index (χ1) is 10.3. The molecule has 1 unspecified atom stereocenters. The topological polar surface area (TPSA) is 92.6 Å². The molecule has 0 amide bonds. The van der Waals surface area contributed by atoms with Crippen LogP contribution in [-0.2, 0) is 4.74 Å². The maximum Gasteiger partial charge on any atom is 0.258 e. The van der Waals surface area contributed by atoms with Crippen LogP contribution in [0.25, 0.3) is 11.5 Å². The Morgan fingerprint density at radius 3 is 3.05 bits per heavy atom. The lowest BCUT2D eigenvalue weighted by molar-refractivity contribution is 0.119. The molecule has 1 atom stereocenters. The zero-order valence-corrected chi connectivity index (χ0v) is 11.7. The fourth-order valence-corrected chi connectivity index (χ4v) is 1.96. The van der Waals surface area contributed by atoms with Crippen LogP contribution in [0.3, 0.4) is 0 Å². The summed E-state index contributed by atoms with van der Waals surface area (Å²) in [6, 6.07) is 5.05. The minimum atomic E-state index is -0.400. The summed E-state index contributed by atoms with van der Waals surface area (Å²) in [7, 11) is 0. The van der Waals surface area contributed by atoms with Crippen molar-refractivity contribution in [2.75, 3.05) is 20.0 Å². The Labute approximate surface area is 122 Å². The van der Waals surface area contributed by atoms with E-state index in [1.807, 2.05) is 19.1 Å². The molecule has 2 heterocycles. The Hall–Kier alpha value is -2.12. The molecule has 1 aromatic heterocycles. The summed E-state index contributed by atoms with van der Waals surface area (Å²) in [6.07, 6.45) is 0.946. The predicted octanol–water partition coefficient (Wildman–Crippen LogP) is 1.89. The van der Waals surface area contributed by atoms with Crippen LogP contribution in [0.2, 0.25) is 0 Å². The molecule has 1 aliphatic rings. The largest absolute Gasteiger partial charge is 0.454 e. The summed E-state index contributed by atoms with van der Waals surface area (Å²) in [5, 5.41) is 3.90. The van der Waals surface area contributed by atoms with E-state index in [0.29, 0.717) is 36.4 Å². The van der Waals surface area contributed by atoms with Gasteiger partial charge in [0.15, 0.2) is 17.3 Å². The molecule has 1 aromatic carbocycles. The van der Waals surface area contributed by atoms with Gasteiger partial charge in [0.1, 0.15) is 0 Å². The van der Waals surface area contributed by atoms with E-state index in [-0.39, 0.29) is 6.79 Å². The number of hydrogen-bond donors (Lipinski definition) is 1. The smallest absolute Gasteiger partial charge is 0.258 e. The third-order valence-electron chi connectivity index (χ3n) is 3.04. The molecule has 0 aliphatic carbocycles. The fourth-order valence-electron chi connectivity index (χ4n) is 1.96. The highest BCUT2D eigenvalue weighted by molar-refractivity contribution is 5.60. The Kier molecular flexibility index (Phi) is 4.03. The first-order valence-corrected chi connectivity index (χ1v) is 6.85. The van der Waals surface area contributed by atoms with Gasteiger partial charge in [0, 0.05) is 12.2 Å². The second-order valence-corrected chi connectivity index (χ2v) is 4.71. The van der Waals surface area contributed by atoms with Crippen molar-refractivity contribution in [3.63, 3.8) is 0 Å². The lowest BCUT2D eigenvalue weighted by Gasteiger charge is -2.06. The summed E-state index contributed by atoms with van der Waals surface area (Å²) in [6.45, 7) is 3.31. The number of ether oxygens (including phenoxy) is 3. The molecule has 7 heteroatoms. The van der Waals surface area contributed by atoms with Gasteiger partial charge < -0.3 is 24.5 Å². The van der Waals surface area contributed by atoms with Gasteiger partial charge in [-0.05, 0) is 24.6 Å². The van der Waals surface area contributed by atoms with Crippen LogP contribution in [0.1, 0.15) is 25.2 Å². The standard InChI is InChI=1S/C14H17N3O4/c1-2-5-18-7-10(15)13-16-14(21-17-13)9-3-4-11-12(6-9)20-8-19-11/h3-4,6,10H,2,5,7-8,15H2,1H3. The molecule has 2 aromatic rings. The zero-order valence-electron chi connectivity index (χ0n) is 11.7. The van der Waals surface area contributed by atoms with E-state index < -0.39 is 6.04 Å². The van der Waals surface area contributed by atoms with Gasteiger partial charge in [-0.2, -0.15) is 4.98 Å². The van der Waals surface area contributed by atoms with Crippen molar-refractivity contribution in [3.05, 3.63) is 24.0 Å². The van der Waals surface area contributed by atoms with E-state index in [1.54, 1.807) is 6.07 Å². The number of fused-ring (bicyclic) bond motifs is 1. The summed E-state index contributed by atoms with van der Waals surface area (Å²) in [5.74, 6) is 2.21. The number of rotatable bonds is 6. The number of hydrogen-bond acceptors (Lipinski definition) is 7. The van der Waals surface area contributed by atoms with Crippen molar-refractivity contribution in [2.24, 2.45) is 5.73 Å². The number of aromatic nitrogens is 2. The minimum absolute atomic E-state index is 0.230.